The molecule has 47 heavy (non-hydrogen) atoms. The molecule has 1 atom stereocenters. The van der Waals surface area contributed by atoms with Crippen LogP contribution in [0.1, 0.15) is 25.0 Å². The van der Waals surface area contributed by atoms with Gasteiger partial charge in [0.25, 0.3) is 0 Å². The lowest BCUT2D eigenvalue weighted by Gasteiger charge is -2.39. The number of aromatic nitrogens is 3. The molecule has 1 unspecified atom stereocenters. The number of carboxylic acid groups (broad SMARTS) is 3. The number of rotatable bonds is 5. The molecular formula is C26H30F9N5O7. The van der Waals surface area contributed by atoms with E-state index in [2.05, 4.69) is 36.9 Å². The van der Waals surface area contributed by atoms with Gasteiger partial charge in [-0.3, -0.25) is 9.88 Å². The Hall–Kier alpha value is -4.27. The number of methoxy groups -OCH3 is 1. The summed E-state index contributed by atoms with van der Waals surface area (Å²) in [6.45, 7) is 4.96. The van der Waals surface area contributed by atoms with Crippen molar-refractivity contribution in [1.29, 1.82) is 0 Å². The van der Waals surface area contributed by atoms with Crippen LogP contribution in [0.25, 0.3) is 0 Å². The molecule has 0 aliphatic carbocycles. The summed E-state index contributed by atoms with van der Waals surface area (Å²) < 4.78 is 101. The molecule has 2 saturated heterocycles. The molecule has 12 nitrogen and oxygen atoms in total. The number of ether oxygens (including phenoxy) is 1. The molecule has 2 fully saturated rings. The topological polar surface area (TPSA) is 166 Å². The second-order valence-electron chi connectivity index (χ2n) is 10.00. The minimum Gasteiger partial charge on any atom is -0.475 e. The summed E-state index contributed by atoms with van der Waals surface area (Å²) in [5.74, 6) is -7.44. The van der Waals surface area contributed by atoms with Crippen molar-refractivity contribution in [1.82, 2.24) is 19.9 Å². The first-order valence-electron chi connectivity index (χ1n) is 13.2. The highest BCUT2D eigenvalue weighted by Gasteiger charge is 2.46. The number of nitrogens with zero attached hydrogens (tertiary/aromatic N) is 5. The van der Waals surface area contributed by atoms with Crippen LogP contribution in [-0.2, 0) is 25.7 Å². The summed E-state index contributed by atoms with van der Waals surface area (Å²) in [7, 11) is 1.78. The molecule has 264 valence electrons. The van der Waals surface area contributed by atoms with Gasteiger partial charge < -0.3 is 25.0 Å². The predicted molar refractivity (Wildman–Crippen MR) is 142 cm³/mol. The summed E-state index contributed by atoms with van der Waals surface area (Å²) in [4.78, 5) is 45.0. The maximum Gasteiger partial charge on any atom is 0.490 e. The van der Waals surface area contributed by atoms with E-state index in [1.54, 1.807) is 7.11 Å². The van der Waals surface area contributed by atoms with Gasteiger partial charge in [0, 0.05) is 38.8 Å². The Morgan fingerprint density at radius 1 is 0.809 bits per heavy atom. The Morgan fingerprint density at radius 3 is 1.64 bits per heavy atom. The number of piperidine rings is 1. The molecule has 21 heteroatoms. The number of pyridine rings is 1. The van der Waals surface area contributed by atoms with Gasteiger partial charge in [-0.15, -0.1) is 0 Å². The highest BCUT2D eigenvalue weighted by Crippen LogP contribution is 2.44. The fourth-order valence-corrected chi connectivity index (χ4v) is 4.45. The minimum absolute atomic E-state index is 0.350. The molecule has 2 aromatic heterocycles. The zero-order valence-electron chi connectivity index (χ0n) is 24.4. The Balaban J connectivity index is 0.000000430. The molecule has 4 heterocycles. The molecule has 2 aromatic rings. The normalized spacial score (nSPS) is 17.7. The number of aliphatic carboxylic acids is 3. The number of halogens is 9. The summed E-state index contributed by atoms with van der Waals surface area (Å²) in [6, 6.07) is 8.39. The molecule has 2 aliphatic heterocycles. The molecule has 4 rings (SSSR count). The molecule has 0 amide bonds. The maximum absolute atomic E-state index is 10.6. The van der Waals surface area contributed by atoms with Crippen LogP contribution in [0.2, 0.25) is 0 Å². The van der Waals surface area contributed by atoms with Gasteiger partial charge in [0.05, 0.1) is 18.3 Å². The molecule has 0 saturated carbocycles. The minimum atomic E-state index is -5.08. The highest BCUT2D eigenvalue weighted by molar-refractivity contribution is 5.73. The number of hydrogen-bond donors (Lipinski definition) is 3. The molecule has 2 aliphatic rings. The first-order valence-corrected chi connectivity index (χ1v) is 13.2. The summed E-state index contributed by atoms with van der Waals surface area (Å²) in [6.07, 6.45) is -6.13. The molecule has 0 aromatic carbocycles. The van der Waals surface area contributed by atoms with E-state index < -0.39 is 36.4 Å². The van der Waals surface area contributed by atoms with Gasteiger partial charge in [0.1, 0.15) is 0 Å². The second kappa shape index (κ2) is 17.6. The van der Waals surface area contributed by atoms with Gasteiger partial charge in [0.15, 0.2) is 0 Å². The van der Waals surface area contributed by atoms with Crippen molar-refractivity contribution < 1.29 is 74.0 Å². The lowest BCUT2D eigenvalue weighted by Crippen LogP contribution is -2.41. The van der Waals surface area contributed by atoms with E-state index in [9.17, 15) is 39.5 Å². The van der Waals surface area contributed by atoms with Gasteiger partial charge in [-0.05, 0) is 56.0 Å². The first kappa shape index (κ1) is 40.8. The summed E-state index contributed by atoms with van der Waals surface area (Å²) >= 11 is 0. The van der Waals surface area contributed by atoms with Crippen LogP contribution >= 0.6 is 0 Å². The van der Waals surface area contributed by atoms with E-state index in [-0.39, 0.29) is 0 Å². The van der Waals surface area contributed by atoms with Gasteiger partial charge in [-0.2, -0.15) is 39.5 Å². The van der Waals surface area contributed by atoms with E-state index in [1.165, 1.54) is 12.8 Å². The Kier molecular flexibility index (Phi) is 15.3. The van der Waals surface area contributed by atoms with Gasteiger partial charge >= 0.3 is 36.4 Å². The number of carbonyl (C=O) groups is 3. The summed E-state index contributed by atoms with van der Waals surface area (Å²) in [5, 5.41) is 21.4. The number of likely N-dealkylation sites (tertiary alicyclic amines) is 1. The van der Waals surface area contributed by atoms with Gasteiger partial charge in [-0.1, -0.05) is 6.07 Å². The monoisotopic (exact) mass is 695 g/mol. The third-order valence-corrected chi connectivity index (χ3v) is 6.54. The Morgan fingerprint density at radius 2 is 1.26 bits per heavy atom. The standard InChI is InChI=1S/C20H27N5O.3C2HF3O2/c1-26-15-18-13-20(16-25(18)19-22-9-4-10-23-19)6-11-24(12-7-20)14-17-5-2-3-8-21-17;3*3-2(4,5)1(6)7/h2-5,8-10,18H,6-7,11-16H2,1H3;3*(H,6,7). The lowest BCUT2D eigenvalue weighted by atomic mass is 9.76. The van der Waals surface area contributed by atoms with Crippen molar-refractivity contribution in [2.45, 2.75) is 50.4 Å². The van der Waals surface area contributed by atoms with Crippen molar-refractivity contribution >= 4 is 23.9 Å². The molecule has 0 radical (unpaired) electrons. The van der Waals surface area contributed by atoms with Crippen LogP contribution in [0, 0.1) is 5.41 Å². The number of hydrogen-bond acceptors (Lipinski definition) is 9. The smallest absolute Gasteiger partial charge is 0.475 e. The van der Waals surface area contributed by atoms with Crippen LogP contribution < -0.4 is 4.90 Å². The first-order chi connectivity index (χ1) is 21.6. The third-order valence-electron chi connectivity index (χ3n) is 6.54. The fraction of sp³-hybridized carbons (Fsp3) is 0.538. The zero-order chi connectivity index (χ0) is 36.1. The zero-order valence-corrected chi connectivity index (χ0v) is 24.4. The maximum atomic E-state index is 10.6. The molecular weight excluding hydrogens is 665 g/mol. The van der Waals surface area contributed by atoms with Crippen molar-refractivity contribution in [3.05, 3.63) is 48.5 Å². The Labute approximate surface area is 260 Å². The largest absolute Gasteiger partial charge is 0.490 e. The van der Waals surface area contributed by atoms with E-state index in [1.807, 2.05) is 30.7 Å². The predicted octanol–water partition coefficient (Wildman–Crippen LogP) is 4.28. The summed E-state index contributed by atoms with van der Waals surface area (Å²) in [5.41, 5.74) is 1.51. The number of anilines is 1. The van der Waals surface area contributed by atoms with Crippen LogP contribution in [0.3, 0.4) is 0 Å². The average Bonchev–Trinajstić information content (AvgIpc) is 3.32. The highest BCUT2D eigenvalue weighted by atomic mass is 19.4. The Bertz CT molecular complexity index is 1200. The molecule has 1 spiro atoms. The van der Waals surface area contributed by atoms with Gasteiger partial charge in [0.2, 0.25) is 5.95 Å². The van der Waals surface area contributed by atoms with Crippen LogP contribution in [0.15, 0.2) is 42.9 Å². The third kappa shape index (κ3) is 14.8. The van der Waals surface area contributed by atoms with Crippen LogP contribution in [0.5, 0.6) is 0 Å². The van der Waals surface area contributed by atoms with Crippen LogP contribution in [-0.4, -0.2) is 111 Å². The average molecular weight is 696 g/mol. The van der Waals surface area contributed by atoms with E-state index in [0.717, 1.165) is 50.8 Å². The van der Waals surface area contributed by atoms with Crippen molar-refractivity contribution in [2.24, 2.45) is 5.41 Å². The van der Waals surface area contributed by atoms with Crippen molar-refractivity contribution in [2.75, 3.05) is 38.3 Å². The van der Waals surface area contributed by atoms with Crippen molar-refractivity contribution in [3.63, 3.8) is 0 Å². The second-order valence-corrected chi connectivity index (χ2v) is 10.00. The quantitative estimate of drug-likeness (QED) is 0.381. The molecule has 0 bridgehead atoms. The van der Waals surface area contributed by atoms with E-state index >= 15 is 0 Å². The SMILES string of the molecule is COCC1CC2(CCN(Cc3ccccn3)CC2)CN1c1ncccn1.O=C(O)C(F)(F)F.O=C(O)C(F)(F)F.O=C(O)C(F)(F)F. The van der Waals surface area contributed by atoms with Crippen molar-refractivity contribution in [3.8, 4) is 0 Å². The molecule has 3 N–H and O–H groups in total. The fourth-order valence-electron chi connectivity index (χ4n) is 4.45. The number of carboxylic acids is 3. The van der Waals surface area contributed by atoms with E-state index in [0.29, 0.717) is 11.5 Å². The number of alkyl halides is 9. The van der Waals surface area contributed by atoms with Gasteiger partial charge in [-0.25, -0.2) is 24.4 Å². The lowest BCUT2D eigenvalue weighted by molar-refractivity contribution is -0.193. The van der Waals surface area contributed by atoms with Crippen LogP contribution in [0.4, 0.5) is 45.5 Å². The van der Waals surface area contributed by atoms with E-state index in [4.69, 9.17) is 34.4 Å².